The van der Waals surface area contributed by atoms with Crippen LogP contribution in [-0.4, -0.2) is 5.11 Å². The molecule has 0 saturated carbocycles. The normalized spacial score (nSPS) is 9.68. The summed E-state index contributed by atoms with van der Waals surface area (Å²) in [5.41, 5.74) is 0.466. The summed E-state index contributed by atoms with van der Waals surface area (Å²) >= 11 is 0. The first-order valence-corrected chi connectivity index (χ1v) is 5.46. The number of hydrogen-bond acceptors (Lipinski definition) is 3. The lowest BCUT2D eigenvalue weighted by molar-refractivity contribution is 0.474. The Kier molecular flexibility index (Phi) is 3.48. The first-order chi connectivity index (χ1) is 9.11. The minimum Gasteiger partial charge on any atom is -0.508 e. The van der Waals surface area contributed by atoms with Gasteiger partial charge in [0.25, 0.3) is 0 Å². The van der Waals surface area contributed by atoms with Crippen molar-refractivity contribution in [3.63, 3.8) is 0 Å². The molecule has 0 heterocycles. The van der Waals surface area contributed by atoms with Gasteiger partial charge in [0.05, 0.1) is 0 Å². The number of hydrogen-bond donors (Lipinski definition) is 1. The van der Waals surface area contributed by atoms with Crippen LogP contribution in [0, 0.1) is 17.1 Å². The van der Waals surface area contributed by atoms with Gasteiger partial charge in [-0.05, 0) is 36.4 Å². The minimum atomic E-state index is -0.640. The summed E-state index contributed by atoms with van der Waals surface area (Å²) in [6.07, 6.45) is 0. The maximum absolute atomic E-state index is 13.4. The summed E-state index contributed by atoms with van der Waals surface area (Å²) in [5, 5.41) is 18.1. The molecule has 2 rings (SSSR count). The van der Waals surface area contributed by atoms with Crippen LogP contribution < -0.4 is 4.74 Å². The van der Waals surface area contributed by atoms with Crippen molar-refractivity contribution in [2.24, 2.45) is 0 Å². The Balaban J connectivity index is 2.27. The summed E-state index contributed by atoms with van der Waals surface area (Å²) < 4.78 is 18.8. The molecule has 0 atom stereocenters. The highest BCUT2D eigenvalue weighted by Crippen LogP contribution is 2.26. The average Bonchev–Trinajstić information content (AvgIpc) is 2.39. The van der Waals surface area contributed by atoms with Gasteiger partial charge in [0.15, 0.2) is 0 Å². The van der Waals surface area contributed by atoms with Gasteiger partial charge in [-0.1, -0.05) is 12.6 Å². The SMILES string of the molecule is C=C(Oc1cccc(F)c1C#N)c1ccc(O)cc1. The van der Waals surface area contributed by atoms with Crippen LogP contribution in [0.3, 0.4) is 0 Å². The fraction of sp³-hybridized carbons (Fsp3) is 0. The predicted molar refractivity (Wildman–Crippen MR) is 68.9 cm³/mol. The standard InChI is InChI=1S/C15H10FNO2/c1-10(11-5-7-12(18)8-6-11)19-15-4-2-3-14(16)13(15)9-17/h2-8,18H,1H2. The zero-order valence-corrected chi connectivity index (χ0v) is 9.93. The lowest BCUT2D eigenvalue weighted by atomic mass is 10.2. The van der Waals surface area contributed by atoms with Crippen molar-refractivity contribution in [1.29, 1.82) is 5.26 Å². The molecule has 0 bridgehead atoms. The zero-order chi connectivity index (χ0) is 13.8. The molecule has 0 aliphatic heterocycles. The van der Waals surface area contributed by atoms with E-state index < -0.39 is 5.82 Å². The number of nitrogens with zero attached hydrogens (tertiary/aromatic N) is 1. The van der Waals surface area contributed by atoms with E-state index >= 15 is 0 Å². The summed E-state index contributed by atoms with van der Waals surface area (Å²) in [6.45, 7) is 3.72. The van der Waals surface area contributed by atoms with E-state index in [1.165, 1.54) is 30.3 Å². The fourth-order valence-electron chi connectivity index (χ4n) is 1.54. The van der Waals surface area contributed by atoms with E-state index in [9.17, 15) is 9.50 Å². The molecule has 94 valence electrons. The molecule has 0 aromatic heterocycles. The average molecular weight is 255 g/mol. The molecule has 2 aromatic carbocycles. The Morgan fingerprint density at radius 3 is 2.53 bits per heavy atom. The van der Waals surface area contributed by atoms with Gasteiger partial charge in [-0.2, -0.15) is 5.26 Å². The quantitative estimate of drug-likeness (QED) is 0.854. The Bertz CT molecular complexity index is 657. The number of rotatable bonds is 3. The van der Waals surface area contributed by atoms with Gasteiger partial charge < -0.3 is 9.84 Å². The summed E-state index contributed by atoms with van der Waals surface area (Å²) in [7, 11) is 0. The second-order valence-corrected chi connectivity index (χ2v) is 3.80. The second-order valence-electron chi connectivity index (χ2n) is 3.80. The van der Waals surface area contributed by atoms with Crippen molar-refractivity contribution in [2.75, 3.05) is 0 Å². The van der Waals surface area contributed by atoms with Crippen molar-refractivity contribution >= 4 is 5.76 Å². The summed E-state index contributed by atoms with van der Waals surface area (Å²) in [4.78, 5) is 0. The molecule has 0 aliphatic carbocycles. The van der Waals surface area contributed by atoms with Crippen LogP contribution in [0.1, 0.15) is 11.1 Å². The molecule has 0 fully saturated rings. The number of ether oxygens (including phenoxy) is 1. The Labute approximate surface area is 109 Å². The third-order valence-corrected chi connectivity index (χ3v) is 2.51. The van der Waals surface area contributed by atoms with Gasteiger partial charge in [0, 0.05) is 5.56 Å². The molecule has 0 amide bonds. The zero-order valence-electron chi connectivity index (χ0n) is 9.93. The van der Waals surface area contributed by atoms with Crippen LogP contribution in [-0.2, 0) is 0 Å². The molecule has 0 radical (unpaired) electrons. The molecule has 0 aliphatic rings. The van der Waals surface area contributed by atoms with Gasteiger partial charge in [-0.3, -0.25) is 0 Å². The number of phenolic OH excluding ortho intramolecular Hbond substituents is 1. The van der Waals surface area contributed by atoms with Crippen LogP contribution in [0.4, 0.5) is 4.39 Å². The molecule has 2 aromatic rings. The topological polar surface area (TPSA) is 53.2 Å². The van der Waals surface area contributed by atoms with Crippen molar-refractivity contribution in [3.8, 4) is 17.6 Å². The van der Waals surface area contributed by atoms with E-state index in [0.717, 1.165) is 0 Å². The number of halogens is 1. The second kappa shape index (κ2) is 5.23. The molecular formula is C15H10FNO2. The van der Waals surface area contributed by atoms with Gasteiger partial charge in [-0.15, -0.1) is 0 Å². The van der Waals surface area contributed by atoms with E-state index in [1.807, 2.05) is 0 Å². The number of aromatic hydroxyl groups is 1. The number of nitriles is 1. The largest absolute Gasteiger partial charge is 0.508 e. The van der Waals surface area contributed by atoms with E-state index in [2.05, 4.69) is 6.58 Å². The van der Waals surface area contributed by atoms with Crippen LogP contribution >= 0.6 is 0 Å². The van der Waals surface area contributed by atoms with Gasteiger partial charge in [0.1, 0.15) is 34.7 Å². The van der Waals surface area contributed by atoms with Crippen molar-refractivity contribution in [1.82, 2.24) is 0 Å². The van der Waals surface area contributed by atoms with Crippen LogP contribution in [0.2, 0.25) is 0 Å². The summed E-state index contributed by atoms with van der Waals surface area (Å²) in [6, 6.07) is 12.1. The van der Waals surface area contributed by atoms with E-state index in [1.54, 1.807) is 18.2 Å². The smallest absolute Gasteiger partial charge is 0.148 e. The summed E-state index contributed by atoms with van der Waals surface area (Å²) in [5.74, 6) is -0.138. The van der Waals surface area contributed by atoms with Crippen molar-refractivity contribution < 1.29 is 14.2 Å². The molecule has 3 nitrogen and oxygen atoms in total. The van der Waals surface area contributed by atoms with E-state index in [0.29, 0.717) is 5.56 Å². The number of phenols is 1. The number of benzene rings is 2. The molecule has 0 unspecified atom stereocenters. The molecule has 0 spiro atoms. The monoisotopic (exact) mass is 255 g/mol. The lowest BCUT2D eigenvalue weighted by Crippen LogP contribution is -1.97. The van der Waals surface area contributed by atoms with Crippen molar-refractivity contribution in [2.45, 2.75) is 0 Å². The Morgan fingerprint density at radius 2 is 1.89 bits per heavy atom. The van der Waals surface area contributed by atoms with Gasteiger partial charge >= 0.3 is 0 Å². The first kappa shape index (κ1) is 12.7. The third-order valence-electron chi connectivity index (χ3n) is 2.51. The van der Waals surface area contributed by atoms with Crippen LogP contribution in [0.15, 0.2) is 49.0 Å². The van der Waals surface area contributed by atoms with Crippen LogP contribution in [0.5, 0.6) is 11.5 Å². The first-order valence-electron chi connectivity index (χ1n) is 5.46. The van der Waals surface area contributed by atoms with Crippen molar-refractivity contribution in [3.05, 3.63) is 66.0 Å². The fourth-order valence-corrected chi connectivity index (χ4v) is 1.54. The lowest BCUT2D eigenvalue weighted by Gasteiger charge is -2.10. The maximum Gasteiger partial charge on any atom is 0.148 e. The molecular weight excluding hydrogens is 245 g/mol. The third kappa shape index (κ3) is 2.72. The van der Waals surface area contributed by atoms with E-state index in [-0.39, 0.29) is 22.8 Å². The van der Waals surface area contributed by atoms with Crippen LogP contribution in [0.25, 0.3) is 5.76 Å². The minimum absolute atomic E-state index is 0.112. The molecule has 4 heteroatoms. The predicted octanol–water partition coefficient (Wildman–Crippen LogP) is 3.45. The highest BCUT2D eigenvalue weighted by Gasteiger charge is 2.11. The molecule has 0 saturated heterocycles. The Morgan fingerprint density at radius 1 is 1.21 bits per heavy atom. The van der Waals surface area contributed by atoms with E-state index in [4.69, 9.17) is 10.00 Å². The Hall–Kier alpha value is -2.80. The maximum atomic E-state index is 13.4. The highest BCUT2D eigenvalue weighted by atomic mass is 19.1. The van der Waals surface area contributed by atoms with Gasteiger partial charge in [-0.25, -0.2) is 4.39 Å². The molecule has 1 N–H and O–H groups in total. The highest BCUT2D eigenvalue weighted by molar-refractivity contribution is 5.61. The molecule has 19 heavy (non-hydrogen) atoms. The van der Waals surface area contributed by atoms with Gasteiger partial charge in [0.2, 0.25) is 0 Å².